The molecule has 6 aromatic rings. The zero-order valence-electron chi connectivity index (χ0n) is 27.1. The summed E-state index contributed by atoms with van der Waals surface area (Å²) < 4.78 is 0. The van der Waals surface area contributed by atoms with E-state index in [2.05, 4.69) is 116 Å². The molecule has 0 spiro atoms. The molecule has 1 radical (unpaired) electrons. The van der Waals surface area contributed by atoms with Crippen molar-refractivity contribution >= 4 is 24.0 Å². The molecule has 0 N–H and O–H groups in total. The molecule has 0 saturated heterocycles. The van der Waals surface area contributed by atoms with Crippen molar-refractivity contribution in [3.8, 4) is 33.6 Å². The van der Waals surface area contributed by atoms with Gasteiger partial charge >= 0.3 is 0 Å². The molecule has 1 aliphatic carbocycles. The third-order valence-corrected chi connectivity index (χ3v) is 10.9. The van der Waals surface area contributed by atoms with Crippen molar-refractivity contribution in [1.82, 2.24) is 9.97 Å². The summed E-state index contributed by atoms with van der Waals surface area (Å²) in [6.07, 6.45) is 12.3. The fourth-order valence-corrected chi connectivity index (χ4v) is 8.01. The predicted molar refractivity (Wildman–Crippen MR) is 193 cm³/mol. The van der Waals surface area contributed by atoms with E-state index in [1.165, 1.54) is 60.4 Å². The molecule has 0 aliphatic heterocycles. The van der Waals surface area contributed by atoms with Crippen LogP contribution in [0, 0.1) is 18.1 Å². The normalized spacial score (nSPS) is 13.4. The Hall–Kier alpha value is -3.69. The molecule has 0 unspecified atom stereocenters. The van der Waals surface area contributed by atoms with Crippen LogP contribution >= 0.6 is 0 Å². The van der Waals surface area contributed by atoms with Crippen LogP contribution in [0.1, 0.15) is 37.7 Å². The molecule has 0 atom stereocenters. The van der Waals surface area contributed by atoms with E-state index >= 15 is 0 Å². The molecule has 7 rings (SSSR count). The first-order valence-electron chi connectivity index (χ1n) is 16.3. The first kappa shape index (κ1) is 33.7. The number of rotatable bonds is 6. The number of hydrogen-bond acceptors (Lipinski definition) is 2. The van der Waals surface area contributed by atoms with Crippen LogP contribution < -0.4 is 5.19 Å². The van der Waals surface area contributed by atoms with E-state index in [-0.39, 0.29) is 20.1 Å². The molecule has 4 aromatic carbocycles. The van der Waals surface area contributed by atoms with Gasteiger partial charge in [-0.25, -0.2) is 0 Å². The minimum Gasteiger partial charge on any atom is -0.305 e. The average molecular weight is 795 g/mol. The molecule has 0 amide bonds. The maximum absolute atomic E-state index is 4.77. The predicted octanol–water partition coefficient (Wildman–Crippen LogP) is 10.6. The molecule has 1 fully saturated rings. The van der Waals surface area contributed by atoms with Crippen molar-refractivity contribution < 1.29 is 20.1 Å². The van der Waals surface area contributed by atoms with Gasteiger partial charge < -0.3 is 9.97 Å². The smallest absolute Gasteiger partial charge is 0.0798 e. The number of benzene rings is 4. The van der Waals surface area contributed by atoms with Crippen LogP contribution in [-0.2, 0) is 26.5 Å². The van der Waals surface area contributed by atoms with Crippen LogP contribution in [-0.4, -0.2) is 18.0 Å². The molecule has 0 bridgehead atoms. The second-order valence-electron chi connectivity index (χ2n) is 13.2. The zero-order valence-corrected chi connectivity index (χ0v) is 30.5. The Kier molecular flexibility index (Phi) is 11.5. The molecule has 2 heterocycles. The molecule has 46 heavy (non-hydrogen) atoms. The van der Waals surface area contributed by atoms with Gasteiger partial charge in [0, 0.05) is 32.5 Å². The van der Waals surface area contributed by atoms with E-state index in [4.69, 9.17) is 4.98 Å². The van der Waals surface area contributed by atoms with Crippen LogP contribution in [0.5, 0.6) is 0 Å². The fourth-order valence-electron chi connectivity index (χ4n) is 6.42. The van der Waals surface area contributed by atoms with Gasteiger partial charge in [-0.2, -0.15) is 0 Å². The first-order chi connectivity index (χ1) is 21.9. The van der Waals surface area contributed by atoms with Crippen molar-refractivity contribution in [2.45, 2.75) is 58.2 Å². The van der Waals surface area contributed by atoms with Gasteiger partial charge in [0.1, 0.15) is 0 Å². The van der Waals surface area contributed by atoms with Crippen LogP contribution in [0.15, 0.2) is 122 Å². The van der Waals surface area contributed by atoms with E-state index in [0.29, 0.717) is 0 Å². The largest absolute Gasteiger partial charge is 0.305 e. The summed E-state index contributed by atoms with van der Waals surface area (Å²) in [6.45, 7) is 7.30. The number of pyridine rings is 2. The van der Waals surface area contributed by atoms with Crippen LogP contribution in [0.4, 0.5) is 0 Å². The zero-order chi connectivity index (χ0) is 31.1. The third-order valence-electron chi connectivity index (χ3n) is 8.84. The maximum Gasteiger partial charge on any atom is 0.0798 e. The number of nitrogens with zero attached hydrogens (tertiary/aromatic N) is 2. The van der Waals surface area contributed by atoms with Gasteiger partial charge in [-0.15, -0.1) is 71.8 Å². The topological polar surface area (TPSA) is 25.8 Å². The van der Waals surface area contributed by atoms with Crippen LogP contribution in [0.2, 0.25) is 19.6 Å². The molecular weight excluding hydrogens is 753 g/mol. The standard InChI is InChI=1S/C21H28NSi.C21H14N.Ir/c1-23(2,3)21-16-22-20(18-12-8-5-9-13-18)15-19(21)14-17-10-6-4-7-11-17;1-2-7-17(8-3-1)21-15-20(12-13-22-21)19-11-10-16-6-4-5-9-18(16)14-19;/h5,8-9,12,15-17H,4,6-7,10-11,14H2,1-3H3;1-7,9-15H;/q2*-1;. The van der Waals surface area contributed by atoms with Gasteiger partial charge in [-0.3, -0.25) is 0 Å². The Balaban J connectivity index is 0.000000177. The van der Waals surface area contributed by atoms with Gasteiger partial charge in [0.2, 0.25) is 0 Å². The monoisotopic (exact) mass is 795 g/mol. The SMILES string of the molecule is C[Si](C)(C)c1cnc(-c2[c-]cccc2)cc1CC1CCCCC1.[Ir].[c-]1ccccc1-c1cc(-c2ccc3ccccc3c2)ccn1. The fraction of sp³-hybridized carbons (Fsp3) is 0.238. The van der Waals surface area contributed by atoms with Gasteiger partial charge in [0.15, 0.2) is 0 Å². The minimum absolute atomic E-state index is 0. The molecule has 1 aliphatic rings. The molecule has 2 aromatic heterocycles. The van der Waals surface area contributed by atoms with Crippen molar-refractivity contribution in [3.63, 3.8) is 0 Å². The van der Waals surface area contributed by atoms with Gasteiger partial charge in [-0.05, 0) is 62.9 Å². The first-order valence-corrected chi connectivity index (χ1v) is 19.8. The summed E-state index contributed by atoms with van der Waals surface area (Å²) in [5.74, 6) is 0.869. The van der Waals surface area contributed by atoms with Crippen LogP contribution in [0.25, 0.3) is 44.4 Å². The van der Waals surface area contributed by atoms with E-state index < -0.39 is 8.07 Å². The summed E-state index contributed by atoms with van der Waals surface area (Å²) in [5, 5.41) is 4.06. The number of fused-ring (bicyclic) bond motifs is 1. The van der Waals surface area contributed by atoms with Crippen LogP contribution in [0.3, 0.4) is 0 Å². The Morgan fingerprint density at radius 3 is 1.93 bits per heavy atom. The number of hydrogen-bond donors (Lipinski definition) is 0. The molecule has 2 nitrogen and oxygen atoms in total. The molecule has 1 saturated carbocycles. The number of aromatic nitrogens is 2. The quantitative estimate of drug-likeness (QED) is 0.124. The second-order valence-corrected chi connectivity index (χ2v) is 18.3. The summed E-state index contributed by atoms with van der Waals surface area (Å²) in [4.78, 5) is 9.24. The van der Waals surface area contributed by atoms with Gasteiger partial charge in [0.25, 0.3) is 0 Å². The Bertz CT molecular complexity index is 1840. The Morgan fingerprint density at radius 2 is 1.28 bits per heavy atom. The van der Waals surface area contributed by atoms with E-state index in [0.717, 1.165) is 28.4 Å². The molecule has 235 valence electrons. The minimum atomic E-state index is -1.36. The summed E-state index contributed by atoms with van der Waals surface area (Å²) in [6, 6.07) is 44.2. The van der Waals surface area contributed by atoms with Crippen molar-refractivity contribution in [3.05, 3.63) is 139 Å². The van der Waals surface area contributed by atoms with Crippen molar-refractivity contribution in [1.29, 1.82) is 0 Å². The van der Waals surface area contributed by atoms with Gasteiger partial charge in [-0.1, -0.05) is 106 Å². The maximum atomic E-state index is 4.77. The average Bonchev–Trinajstić information content (AvgIpc) is 3.09. The molecule has 4 heteroatoms. The van der Waals surface area contributed by atoms with E-state index in [1.807, 2.05) is 42.6 Å². The Labute approximate surface area is 289 Å². The van der Waals surface area contributed by atoms with Gasteiger partial charge in [0.05, 0.1) is 8.07 Å². The molecular formula is C42H42IrN2Si-2. The second kappa shape index (κ2) is 15.7. The third kappa shape index (κ3) is 8.56. The summed E-state index contributed by atoms with van der Waals surface area (Å²) >= 11 is 0. The van der Waals surface area contributed by atoms with E-state index in [9.17, 15) is 0 Å². The van der Waals surface area contributed by atoms with Crippen molar-refractivity contribution in [2.75, 3.05) is 0 Å². The summed E-state index contributed by atoms with van der Waals surface area (Å²) in [7, 11) is -1.36. The summed E-state index contributed by atoms with van der Waals surface area (Å²) in [5.41, 5.74) is 8.10. The van der Waals surface area contributed by atoms with Crippen molar-refractivity contribution in [2.24, 2.45) is 5.92 Å². The Morgan fingerprint density at radius 1 is 0.652 bits per heavy atom. The van der Waals surface area contributed by atoms with E-state index in [1.54, 1.807) is 10.8 Å².